The molecule has 30 heavy (non-hydrogen) atoms. The van der Waals surface area contributed by atoms with Crippen LogP contribution in [0, 0.1) is 0 Å². The van der Waals surface area contributed by atoms with Crippen molar-refractivity contribution in [2.45, 2.75) is 32.2 Å². The lowest BCUT2D eigenvalue weighted by Crippen LogP contribution is -2.49. The Morgan fingerprint density at radius 3 is 2.17 bits per heavy atom. The zero-order chi connectivity index (χ0) is 22.3. The van der Waals surface area contributed by atoms with Gasteiger partial charge in [-0.15, -0.1) is 0 Å². The number of hydrogen-bond acceptors (Lipinski definition) is 3. The van der Waals surface area contributed by atoms with Crippen LogP contribution in [0.1, 0.15) is 41.5 Å². The summed E-state index contributed by atoms with van der Waals surface area (Å²) in [6, 6.07) is 4.23. The summed E-state index contributed by atoms with van der Waals surface area (Å²) in [5.41, 5.74) is -2.05. The van der Waals surface area contributed by atoms with Gasteiger partial charge >= 0.3 is 12.4 Å². The second-order valence-corrected chi connectivity index (χ2v) is 7.27. The Labute approximate surface area is 168 Å². The van der Waals surface area contributed by atoms with Crippen molar-refractivity contribution in [1.29, 1.82) is 0 Å². The van der Waals surface area contributed by atoms with E-state index in [1.807, 2.05) is 0 Å². The fraction of sp³-hybridized carbons (Fsp3) is 0.474. The monoisotopic (exact) mass is 434 g/mol. The zero-order valence-corrected chi connectivity index (χ0v) is 16.3. The van der Waals surface area contributed by atoms with E-state index in [4.69, 9.17) is 0 Å². The minimum atomic E-state index is -4.74. The standard InChI is InChI=1S/C19H20F6N4O/c1-12(2)29-16(19(23,24)25)15(11-26-29)17(30)28-8-6-27(7-9-28)14-5-3-4-13(10-14)18(20,21)22/h3-5,10-12H,6-9H2,1-2H3. The highest BCUT2D eigenvalue weighted by molar-refractivity contribution is 5.95. The lowest BCUT2D eigenvalue weighted by Gasteiger charge is -2.36. The highest BCUT2D eigenvalue weighted by Crippen LogP contribution is 2.35. The lowest BCUT2D eigenvalue weighted by molar-refractivity contribution is -0.145. The molecule has 1 aromatic carbocycles. The largest absolute Gasteiger partial charge is 0.433 e. The molecule has 5 nitrogen and oxygen atoms in total. The fourth-order valence-corrected chi connectivity index (χ4v) is 3.41. The highest BCUT2D eigenvalue weighted by Gasteiger charge is 2.41. The van der Waals surface area contributed by atoms with Gasteiger partial charge in [0.05, 0.1) is 17.3 Å². The van der Waals surface area contributed by atoms with Gasteiger partial charge in [0.2, 0.25) is 0 Å². The molecule has 2 heterocycles. The van der Waals surface area contributed by atoms with E-state index in [-0.39, 0.29) is 26.2 Å². The number of aromatic nitrogens is 2. The Morgan fingerprint density at radius 1 is 1.00 bits per heavy atom. The van der Waals surface area contributed by atoms with Gasteiger partial charge in [0, 0.05) is 37.9 Å². The number of alkyl halides is 6. The van der Waals surface area contributed by atoms with Crippen LogP contribution in [0.5, 0.6) is 0 Å². The third-order valence-electron chi connectivity index (χ3n) is 4.89. The number of carbonyl (C=O) groups is 1. The quantitative estimate of drug-likeness (QED) is 0.670. The summed E-state index contributed by atoms with van der Waals surface area (Å²) in [5.74, 6) is -0.794. The number of amides is 1. The third-order valence-corrected chi connectivity index (χ3v) is 4.89. The molecule has 3 rings (SSSR count). The van der Waals surface area contributed by atoms with E-state index in [0.717, 1.165) is 23.0 Å². The maximum absolute atomic E-state index is 13.5. The van der Waals surface area contributed by atoms with Crippen molar-refractivity contribution in [3.63, 3.8) is 0 Å². The van der Waals surface area contributed by atoms with Crippen molar-refractivity contribution in [2.75, 3.05) is 31.1 Å². The molecule has 0 unspecified atom stereocenters. The smallest absolute Gasteiger partial charge is 0.368 e. The zero-order valence-electron chi connectivity index (χ0n) is 16.3. The first-order valence-electron chi connectivity index (χ1n) is 9.25. The molecule has 0 aliphatic carbocycles. The van der Waals surface area contributed by atoms with Crippen molar-refractivity contribution < 1.29 is 31.1 Å². The van der Waals surface area contributed by atoms with Crippen LogP contribution in [0.4, 0.5) is 32.0 Å². The average Bonchev–Trinajstić information content (AvgIpc) is 3.13. The fourth-order valence-electron chi connectivity index (χ4n) is 3.41. The van der Waals surface area contributed by atoms with Gasteiger partial charge in [-0.2, -0.15) is 31.4 Å². The first kappa shape index (κ1) is 22.0. The van der Waals surface area contributed by atoms with E-state index in [9.17, 15) is 31.1 Å². The predicted molar refractivity (Wildman–Crippen MR) is 97.2 cm³/mol. The molecule has 1 saturated heterocycles. The van der Waals surface area contributed by atoms with Gasteiger partial charge in [-0.3, -0.25) is 9.48 Å². The summed E-state index contributed by atoms with van der Waals surface area (Å²) in [7, 11) is 0. The normalized spacial score (nSPS) is 15.8. The van der Waals surface area contributed by atoms with E-state index >= 15 is 0 Å². The molecular weight excluding hydrogens is 414 g/mol. The maximum Gasteiger partial charge on any atom is 0.433 e. The second kappa shape index (κ2) is 7.84. The van der Waals surface area contributed by atoms with E-state index in [1.54, 1.807) is 4.90 Å². The maximum atomic E-state index is 13.5. The first-order valence-corrected chi connectivity index (χ1v) is 9.25. The van der Waals surface area contributed by atoms with Crippen LogP contribution < -0.4 is 4.90 Å². The van der Waals surface area contributed by atoms with E-state index < -0.39 is 41.1 Å². The number of halogens is 6. The number of nitrogens with zero attached hydrogens (tertiary/aromatic N) is 4. The van der Waals surface area contributed by atoms with E-state index in [1.165, 1.54) is 30.9 Å². The van der Waals surface area contributed by atoms with Gasteiger partial charge in [-0.05, 0) is 32.0 Å². The van der Waals surface area contributed by atoms with Crippen LogP contribution in [0.3, 0.4) is 0 Å². The molecule has 1 amide bonds. The summed E-state index contributed by atoms with van der Waals surface area (Å²) in [5, 5.41) is 3.73. The van der Waals surface area contributed by atoms with Gasteiger partial charge in [-0.1, -0.05) is 6.07 Å². The summed E-state index contributed by atoms with van der Waals surface area (Å²) < 4.78 is 80.1. The van der Waals surface area contributed by atoms with Crippen LogP contribution in [0.2, 0.25) is 0 Å². The number of anilines is 1. The van der Waals surface area contributed by atoms with Crippen molar-refractivity contribution in [1.82, 2.24) is 14.7 Å². The molecule has 1 aromatic heterocycles. The Morgan fingerprint density at radius 2 is 1.63 bits per heavy atom. The predicted octanol–water partition coefficient (Wildman–Crippen LogP) is 4.46. The molecular formula is C19H20F6N4O. The minimum absolute atomic E-state index is 0.0826. The molecule has 0 radical (unpaired) electrons. The van der Waals surface area contributed by atoms with Crippen molar-refractivity contribution >= 4 is 11.6 Å². The number of rotatable bonds is 3. The van der Waals surface area contributed by atoms with Gasteiger partial charge in [0.25, 0.3) is 5.91 Å². The van der Waals surface area contributed by atoms with Gasteiger partial charge < -0.3 is 9.80 Å². The van der Waals surface area contributed by atoms with Gasteiger partial charge in [-0.25, -0.2) is 0 Å². The van der Waals surface area contributed by atoms with Gasteiger partial charge in [0.1, 0.15) is 0 Å². The Bertz CT molecular complexity index is 910. The summed E-state index contributed by atoms with van der Waals surface area (Å²) >= 11 is 0. The molecule has 0 atom stereocenters. The van der Waals surface area contributed by atoms with Crippen LogP contribution in [-0.2, 0) is 12.4 Å². The molecule has 2 aromatic rings. The molecule has 1 aliphatic rings. The summed E-state index contributed by atoms with van der Waals surface area (Å²) in [6.07, 6.45) is -8.30. The number of piperazine rings is 1. The number of benzene rings is 1. The Balaban J connectivity index is 1.76. The van der Waals surface area contributed by atoms with Crippen LogP contribution >= 0.6 is 0 Å². The Hall–Kier alpha value is -2.72. The molecule has 1 aliphatic heterocycles. The number of hydrogen-bond donors (Lipinski definition) is 0. The van der Waals surface area contributed by atoms with Crippen molar-refractivity contribution in [3.05, 3.63) is 47.3 Å². The van der Waals surface area contributed by atoms with Crippen molar-refractivity contribution in [3.8, 4) is 0 Å². The van der Waals surface area contributed by atoms with E-state index in [2.05, 4.69) is 5.10 Å². The first-order chi connectivity index (χ1) is 13.9. The van der Waals surface area contributed by atoms with Crippen molar-refractivity contribution in [2.24, 2.45) is 0 Å². The summed E-state index contributed by atoms with van der Waals surface area (Å²) in [6.45, 7) is 3.63. The lowest BCUT2D eigenvalue weighted by atomic mass is 10.1. The van der Waals surface area contributed by atoms with Crippen LogP contribution in [0.25, 0.3) is 0 Å². The average molecular weight is 434 g/mol. The van der Waals surface area contributed by atoms with E-state index in [0.29, 0.717) is 5.69 Å². The third kappa shape index (κ3) is 4.39. The molecule has 0 spiro atoms. The molecule has 0 bridgehead atoms. The minimum Gasteiger partial charge on any atom is -0.368 e. The number of carbonyl (C=O) groups excluding carboxylic acids is 1. The second-order valence-electron chi connectivity index (χ2n) is 7.27. The van der Waals surface area contributed by atoms with Crippen LogP contribution in [-0.4, -0.2) is 46.8 Å². The Kier molecular flexibility index (Phi) is 5.74. The molecule has 0 N–H and O–H groups in total. The summed E-state index contributed by atoms with van der Waals surface area (Å²) in [4.78, 5) is 15.7. The molecule has 1 fully saturated rings. The topological polar surface area (TPSA) is 41.4 Å². The highest BCUT2D eigenvalue weighted by atomic mass is 19.4. The SMILES string of the molecule is CC(C)n1ncc(C(=O)N2CCN(c3cccc(C(F)(F)F)c3)CC2)c1C(F)(F)F. The van der Waals surface area contributed by atoms with Crippen LogP contribution in [0.15, 0.2) is 30.5 Å². The molecule has 11 heteroatoms. The van der Waals surface area contributed by atoms with Gasteiger partial charge in [0.15, 0.2) is 5.69 Å². The molecule has 164 valence electrons. The molecule has 0 saturated carbocycles.